The van der Waals surface area contributed by atoms with Crippen LogP contribution in [-0.4, -0.2) is 6.04 Å². The zero-order valence-electron chi connectivity index (χ0n) is 8.39. The number of rotatable bonds is 2. The Bertz CT molecular complexity index is 399. The van der Waals surface area contributed by atoms with E-state index in [0.717, 1.165) is 28.9 Å². The molecular weight excluding hydrogens is 229 g/mol. The van der Waals surface area contributed by atoms with Crippen molar-refractivity contribution in [2.75, 3.05) is 0 Å². The number of aryl methyl sites for hydroxylation is 1. The molecule has 1 atom stereocenters. The van der Waals surface area contributed by atoms with E-state index in [1.54, 1.807) is 0 Å². The summed E-state index contributed by atoms with van der Waals surface area (Å²) in [6.07, 6.45) is 4.89. The van der Waals surface area contributed by atoms with Crippen molar-refractivity contribution in [2.45, 2.75) is 37.8 Å². The molecule has 3 rings (SSSR count). The van der Waals surface area contributed by atoms with E-state index in [1.807, 2.05) is 6.07 Å². The number of fused-ring (bicyclic) bond motifs is 1. The number of nitrogens with one attached hydrogen (secondary N) is 1. The average molecular weight is 242 g/mol. The molecule has 0 aromatic heterocycles. The minimum atomic E-state index is 0.456. The van der Waals surface area contributed by atoms with Crippen LogP contribution < -0.4 is 5.32 Å². The predicted octanol–water partition coefficient (Wildman–Crippen LogP) is 3.73. The Morgan fingerprint density at radius 1 is 1.13 bits per heavy atom. The van der Waals surface area contributed by atoms with Gasteiger partial charge in [0.25, 0.3) is 0 Å². The van der Waals surface area contributed by atoms with Gasteiger partial charge in [-0.05, 0) is 48.9 Å². The number of hydrogen-bond acceptors (Lipinski definition) is 1. The average Bonchev–Trinajstić information content (AvgIpc) is 2.87. The molecule has 0 aliphatic heterocycles. The Morgan fingerprint density at radius 3 is 2.67 bits per heavy atom. The SMILES string of the molecule is Clc1cc(Cl)c2c(c1)CCC2NC1CC1. The third-order valence-electron chi connectivity index (χ3n) is 3.25. The molecule has 1 unspecified atom stereocenters. The van der Waals surface area contributed by atoms with Crippen molar-refractivity contribution < 1.29 is 0 Å². The first-order valence-electron chi connectivity index (χ1n) is 5.48. The Hall–Kier alpha value is -0.240. The van der Waals surface area contributed by atoms with Gasteiger partial charge in [0.15, 0.2) is 0 Å². The molecule has 0 bridgehead atoms. The fourth-order valence-electron chi connectivity index (χ4n) is 2.38. The highest BCUT2D eigenvalue weighted by Crippen LogP contribution is 2.40. The smallest absolute Gasteiger partial charge is 0.0471 e. The van der Waals surface area contributed by atoms with Gasteiger partial charge in [-0.15, -0.1) is 0 Å². The van der Waals surface area contributed by atoms with E-state index in [4.69, 9.17) is 23.2 Å². The maximum Gasteiger partial charge on any atom is 0.0471 e. The van der Waals surface area contributed by atoms with E-state index < -0.39 is 0 Å². The van der Waals surface area contributed by atoms with Crippen molar-refractivity contribution in [3.05, 3.63) is 33.3 Å². The zero-order chi connectivity index (χ0) is 10.4. The molecule has 0 amide bonds. The lowest BCUT2D eigenvalue weighted by Gasteiger charge is -2.14. The number of benzene rings is 1. The van der Waals surface area contributed by atoms with E-state index in [2.05, 4.69) is 11.4 Å². The fourth-order valence-corrected chi connectivity index (χ4v) is 3.05. The summed E-state index contributed by atoms with van der Waals surface area (Å²) in [4.78, 5) is 0. The molecule has 1 saturated carbocycles. The van der Waals surface area contributed by atoms with Crippen LogP contribution in [0.3, 0.4) is 0 Å². The lowest BCUT2D eigenvalue weighted by Crippen LogP contribution is -2.21. The second-order valence-corrected chi connectivity index (χ2v) is 5.34. The normalized spacial score (nSPS) is 24.3. The van der Waals surface area contributed by atoms with Crippen LogP contribution in [0.25, 0.3) is 0 Å². The second kappa shape index (κ2) is 3.65. The molecule has 1 nitrogen and oxygen atoms in total. The molecule has 3 heteroatoms. The van der Waals surface area contributed by atoms with E-state index in [-0.39, 0.29) is 0 Å². The van der Waals surface area contributed by atoms with Gasteiger partial charge in [-0.25, -0.2) is 0 Å². The van der Waals surface area contributed by atoms with Crippen LogP contribution in [0.2, 0.25) is 10.0 Å². The monoisotopic (exact) mass is 241 g/mol. The Kier molecular flexibility index (Phi) is 2.42. The Balaban J connectivity index is 1.93. The fraction of sp³-hybridized carbons (Fsp3) is 0.500. The topological polar surface area (TPSA) is 12.0 Å². The van der Waals surface area contributed by atoms with Crippen LogP contribution >= 0.6 is 23.2 Å². The van der Waals surface area contributed by atoms with Crippen molar-refractivity contribution in [2.24, 2.45) is 0 Å². The molecule has 0 heterocycles. The molecule has 1 aromatic rings. The molecule has 15 heavy (non-hydrogen) atoms. The maximum atomic E-state index is 6.25. The van der Waals surface area contributed by atoms with Crippen LogP contribution in [0.5, 0.6) is 0 Å². The highest BCUT2D eigenvalue weighted by Gasteiger charge is 2.30. The molecule has 2 aliphatic rings. The zero-order valence-corrected chi connectivity index (χ0v) is 9.91. The van der Waals surface area contributed by atoms with E-state index in [0.29, 0.717) is 6.04 Å². The quantitative estimate of drug-likeness (QED) is 0.833. The summed E-state index contributed by atoms with van der Waals surface area (Å²) < 4.78 is 0. The van der Waals surface area contributed by atoms with Crippen LogP contribution in [0.4, 0.5) is 0 Å². The molecule has 1 aromatic carbocycles. The summed E-state index contributed by atoms with van der Waals surface area (Å²) in [6, 6.07) is 5.09. The number of halogens is 2. The van der Waals surface area contributed by atoms with Gasteiger partial charge in [0, 0.05) is 22.1 Å². The Morgan fingerprint density at radius 2 is 1.93 bits per heavy atom. The first-order chi connectivity index (χ1) is 7.24. The molecule has 0 spiro atoms. The van der Waals surface area contributed by atoms with Gasteiger partial charge < -0.3 is 5.32 Å². The van der Waals surface area contributed by atoms with Crippen LogP contribution in [-0.2, 0) is 6.42 Å². The van der Waals surface area contributed by atoms with Gasteiger partial charge in [-0.3, -0.25) is 0 Å². The molecule has 80 valence electrons. The van der Waals surface area contributed by atoms with E-state index in [1.165, 1.54) is 24.0 Å². The Labute approximate surface area is 99.8 Å². The van der Waals surface area contributed by atoms with Gasteiger partial charge in [0.05, 0.1) is 0 Å². The third-order valence-corrected chi connectivity index (χ3v) is 3.78. The summed E-state index contributed by atoms with van der Waals surface area (Å²) in [6.45, 7) is 0. The third kappa shape index (κ3) is 1.89. The van der Waals surface area contributed by atoms with E-state index in [9.17, 15) is 0 Å². The van der Waals surface area contributed by atoms with Crippen molar-refractivity contribution in [1.82, 2.24) is 5.32 Å². The van der Waals surface area contributed by atoms with Gasteiger partial charge in [0.2, 0.25) is 0 Å². The van der Waals surface area contributed by atoms with Crippen LogP contribution in [0.15, 0.2) is 12.1 Å². The first-order valence-corrected chi connectivity index (χ1v) is 6.23. The molecule has 1 fully saturated rings. The first kappa shape index (κ1) is 9.95. The van der Waals surface area contributed by atoms with Crippen molar-refractivity contribution in [3.8, 4) is 0 Å². The summed E-state index contributed by atoms with van der Waals surface area (Å²) in [7, 11) is 0. The van der Waals surface area contributed by atoms with Gasteiger partial charge in [-0.2, -0.15) is 0 Å². The predicted molar refractivity (Wildman–Crippen MR) is 63.7 cm³/mol. The summed E-state index contributed by atoms with van der Waals surface area (Å²) in [5, 5.41) is 5.22. The van der Waals surface area contributed by atoms with Crippen molar-refractivity contribution in [3.63, 3.8) is 0 Å². The largest absolute Gasteiger partial charge is 0.307 e. The van der Waals surface area contributed by atoms with Crippen LogP contribution in [0.1, 0.15) is 36.4 Å². The lowest BCUT2D eigenvalue weighted by molar-refractivity contribution is 0.527. The summed E-state index contributed by atoms with van der Waals surface area (Å²) in [5.74, 6) is 0. The van der Waals surface area contributed by atoms with E-state index >= 15 is 0 Å². The summed E-state index contributed by atoms with van der Waals surface area (Å²) in [5.41, 5.74) is 2.61. The standard InChI is InChI=1S/C12H13Cl2N/c13-8-5-7-1-4-11(15-9-2-3-9)12(7)10(14)6-8/h5-6,9,11,15H,1-4H2. The maximum absolute atomic E-state index is 6.25. The lowest BCUT2D eigenvalue weighted by atomic mass is 10.1. The van der Waals surface area contributed by atoms with Crippen molar-refractivity contribution >= 4 is 23.2 Å². The van der Waals surface area contributed by atoms with Gasteiger partial charge in [0.1, 0.15) is 0 Å². The van der Waals surface area contributed by atoms with Gasteiger partial charge >= 0.3 is 0 Å². The minimum absolute atomic E-state index is 0.456. The molecule has 1 N–H and O–H groups in total. The van der Waals surface area contributed by atoms with Crippen LogP contribution in [0, 0.1) is 0 Å². The molecule has 2 aliphatic carbocycles. The summed E-state index contributed by atoms with van der Waals surface area (Å²) >= 11 is 12.2. The van der Waals surface area contributed by atoms with Gasteiger partial charge in [-0.1, -0.05) is 23.2 Å². The van der Waals surface area contributed by atoms with Crippen molar-refractivity contribution in [1.29, 1.82) is 0 Å². The molecule has 0 radical (unpaired) electrons. The molecule has 0 saturated heterocycles. The molecular formula is C12H13Cl2N. The number of hydrogen-bond donors (Lipinski definition) is 1. The minimum Gasteiger partial charge on any atom is -0.307 e. The second-order valence-electron chi connectivity index (χ2n) is 4.49. The highest BCUT2D eigenvalue weighted by molar-refractivity contribution is 6.35. The highest BCUT2D eigenvalue weighted by atomic mass is 35.5.